The van der Waals surface area contributed by atoms with E-state index in [0.717, 1.165) is 31.9 Å². The predicted octanol–water partition coefficient (Wildman–Crippen LogP) is 3.85. The van der Waals surface area contributed by atoms with E-state index >= 15 is 0 Å². The van der Waals surface area contributed by atoms with Gasteiger partial charge in [0.1, 0.15) is 5.75 Å². The number of phenolic OH excluding ortho intramolecular Hbond substituents is 1. The molecule has 7 heteroatoms. The molecule has 5 nitrogen and oxygen atoms in total. The maximum Gasteiger partial charge on any atom is 0.241 e. The summed E-state index contributed by atoms with van der Waals surface area (Å²) in [5, 5.41) is 13.8. The van der Waals surface area contributed by atoms with Crippen molar-refractivity contribution in [1.82, 2.24) is 4.90 Å². The third-order valence-corrected chi connectivity index (χ3v) is 5.20. The second kappa shape index (κ2) is 8.16. The van der Waals surface area contributed by atoms with Crippen molar-refractivity contribution in [1.29, 1.82) is 0 Å². The molecule has 1 heterocycles. The van der Waals surface area contributed by atoms with Crippen LogP contribution in [-0.2, 0) is 4.79 Å². The van der Waals surface area contributed by atoms with E-state index in [1.807, 2.05) is 25.1 Å². The molecule has 0 bridgehead atoms. The highest BCUT2D eigenvalue weighted by Gasteiger charge is 2.26. The quantitative estimate of drug-likeness (QED) is 0.827. The Kier molecular flexibility index (Phi) is 5.91. The topological polar surface area (TPSA) is 55.8 Å². The number of piperazine rings is 1. The van der Waals surface area contributed by atoms with Crippen LogP contribution in [0.2, 0.25) is 10.0 Å². The lowest BCUT2D eigenvalue weighted by Gasteiger charge is -2.38. The number of carbonyl (C=O) groups is 1. The number of carbonyl (C=O) groups excluding carboxylic acids is 1. The van der Waals surface area contributed by atoms with Crippen LogP contribution in [0.15, 0.2) is 42.5 Å². The fourth-order valence-corrected chi connectivity index (χ4v) is 3.53. The molecule has 3 rings (SSSR count). The maximum atomic E-state index is 12.6. The van der Waals surface area contributed by atoms with Gasteiger partial charge in [0.25, 0.3) is 0 Å². The van der Waals surface area contributed by atoms with Crippen LogP contribution in [0.4, 0.5) is 11.4 Å². The zero-order valence-corrected chi connectivity index (χ0v) is 16.0. The molecule has 0 radical (unpaired) electrons. The van der Waals surface area contributed by atoms with E-state index in [0.29, 0.717) is 15.7 Å². The standard InChI is InChI=1S/C19H21Cl2N3O2/c1-13(19(26)22-16-7-6-14(20)12-15(16)21)23-8-10-24(11-9-23)17-4-2-3-5-18(17)25/h2-7,12-13,25H,8-11H2,1H3,(H,22,26). The summed E-state index contributed by atoms with van der Waals surface area (Å²) in [7, 11) is 0. The molecule has 0 aliphatic carbocycles. The number of phenols is 1. The Morgan fingerprint density at radius 2 is 1.81 bits per heavy atom. The molecule has 26 heavy (non-hydrogen) atoms. The third-order valence-electron chi connectivity index (χ3n) is 4.65. The van der Waals surface area contributed by atoms with E-state index in [9.17, 15) is 9.90 Å². The lowest BCUT2D eigenvalue weighted by atomic mass is 10.2. The Bertz CT molecular complexity index is 792. The zero-order valence-electron chi connectivity index (χ0n) is 14.5. The van der Waals surface area contributed by atoms with Crippen molar-refractivity contribution in [3.63, 3.8) is 0 Å². The first-order valence-electron chi connectivity index (χ1n) is 8.48. The van der Waals surface area contributed by atoms with Crippen LogP contribution in [0.25, 0.3) is 0 Å². The molecular formula is C19H21Cl2N3O2. The molecule has 0 aromatic heterocycles. The highest BCUT2D eigenvalue weighted by molar-refractivity contribution is 6.36. The van der Waals surface area contributed by atoms with Gasteiger partial charge in [-0.3, -0.25) is 9.69 Å². The summed E-state index contributed by atoms with van der Waals surface area (Å²) in [4.78, 5) is 16.8. The van der Waals surface area contributed by atoms with E-state index in [-0.39, 0.29) is 17.7 Å². The van der Waals surface area contributed by atoms with Crippen LogP contribution in [0.1, 0.15) is 6.92 Å². The molecule has 1 saturated heterocycles. The van der Waals surface area contributed by atoms with Crippen molar-refractivity contribution in [2.75, 3.05) is 36.4 Å². The molecule has 2 N–H and O–H groups in total. The molecule has 1 unspecified atom stereocenters. The number of para-hydroxylation sites is 2. The van der Waals surface area contributed by atoms with E-state index in [1.54, 1.807) is 24.3 Å². The first kappa shape index (κ1) is 18.8. The lowest BCUT2D eigenvalue weighted by Crippen LogP contribution is -2.52. The number of benzene rings is 2. The van der Waals surface area contributed by atoms with E-state index in [1.165, 1.54) is 0 Å². The van der Waals surface area contributed by atoms with Crippen LogP contribution < -0.4 is 10.2 Å². The number of hydrogen-bond acceptors (Lipinski definition) is 4. The van der Waals surface area contributed by atoms with Crippen molar-refractivity contribution >= 4 is 40.5 Å². The zero-order chi connectivity index (χ0) is 18.7. The number of anilines is 2. The first-order valence-corrected chi connectivity index (χ1v) is 9.24. The van der Waals surface area contributed by atoms with Gasteiger partial charge in [-0.2, -0.15) is 0 Å². The monoisotopic (exact) mass is 393 g/mol. The Labute approximate surface area is 163 Å². The van der Waals surface area contributed by atoms with Gasteiger partial charge in [0.15, 0.2) is 0 Å². The Morgan fingerprint density at radius 3 is 2.46 bits per heavy atom. The van der Waals surface area contributed by atoms with Gasteiger partial charge in [0.2, 0.25) is 5.91 Å². The average molecular weight is 394 g/mol. The summed E-state index contributed by atoms with van der Waals surface area (Å²) in [5.74, 6) is 0.175. The summed E-state index contributed by atoms with van der Waals surface area (Å²) in [5.41, 5.74) is 1.39. The maximum absolute atomic E-state index is 12.6. The molecule has 1 aliphatic heterocycles. The van der Waals surface area contributed by atoms with E-state index < -0.39 is 0 Å². The average Bonchev–Trinajstić information content (AvgIpc) is 2.64. The Balaban J connectivity index is 1.58. The molecule has 2 aromatic carbocycles. The second-order valence-corrected chi connectivity index (χ2v) is 7.14. The minimum Gasteiger partial charge on any atom is -0.506 e. The van der Waals surface area contributed by atoms with Gasteiger partial charge in [-0.15, -0.1) is 0 Å². The Morgan fingerprint density at radius 1 is 1.12 bits per heavy atom. The number of nitrogens with one attached hydrogen (secondary N) is 1. The summed E-state index contributed by atoms with van der Waals surface area (Å²) in [6.07, 6.45) is 0. The summed E-state index contributed by atoms with van der Waals surface area (Å²) >= 11 is 12.0. The first-order chi connectivity index (χ1) is 12.5. The van der Waals surface area contributed by atoms with E-state index in [2.05, 4.69) is 15.1 Å². The fraction of sp³-hybridized carbons (Fsp3) is 0.316. The summed E-state index contributed by atoms with van der Waals surface area (Å²) in [6.45, 7) is 4.84. The van der Waals surface area contributed by atoms with Crippen molar-refractivity contribution in [2.45, 2.75) is 13.0 Å². The molecule has 1 fully saturated rings. The van der Waals surface area contributed by atoms with Gasteiger partial charge >= 0.3 is 0 Å². The summed E-state index contributed by atoms with van der Waals surface area (Å²) < 4.78 is 0. The van der Waals surface area contributed by atoms with Gasteiger partial charge in [-0.25, -0.2) is 0 Å². The Hall–Kier alpha value is -1.95. The van der Waals surface area contributed by atoms with Crippen LogP contribution in [0.5, 0.6) is 5.75 Å². The molecule has 1 atom stereocenters. The highest BCUT2D eigenvalue weighted by Crippen LogP contribution is 2.28. The van der Waals surface area contributed by atoms with Crippen LogP contribution in [0.3, 0.4) is 0 Å². The number of hydrogen-bond donors (Lipinski definition) is 2. The lowest BCUT2D eigenvalue weighted by molar-refractivity contribution is -0.120. The summed E-state index contributed by atoms with van der Waals surface area (Å²) in [6, 6.07) is 12.0. The fourth-order valence-electron chi connectivity index (χ4n) is 3.08. The second-order valence-electron chi connectivity index (χ2n) is 6.30. The van der Waals surface area contributed by atoms with Crippen molar-refractivity contribution in [3.8, 4) is 5.75 Å². The predicted molar refractivity (Wildman–Crippen MR) is 106 cm³/mol. The highest BCUT2D eigenvalue weighted by atomic mass is 35.5. The number of nitrogens with zero attached hydrogens (tertiary/aromatic N) is 2. The molecule has 0 spiro atoms. The molecule has 138 valence electrons. The molecule has 2 aromatic rings. The van der Waals surface area contributed by atoms with Gasteiger partial charge in [0, 0.05) is 31.2 Å². The van der Waals surface area contributed by atoms with Crippen LogP contribution >= 0.6 is 23.2 Å². The minimum absolute atomic E-state index is 0.106. The van der Waals surface area contributed by atoms with Gasteiger partial charge in [0.05, 0.1) is 22.4 Å². The number of rotatable bonds is 4. The molecular weight excluding hydrogens is 373 g/mol. The van der Waals surface area contributed by atoms with Crippen molar-refractivity contribution < 1.29 is 9.90 Å². The minimum atomic E-state index is -0.284. The molecule has 1 aliphatic rings. The van der Waals surface area contributed by atoms with E-state index in [4.69, 9.17) is 23.2 Å². The normalized spacial score (nSPS) is 16.3. The number of aromatic hydroxyl groups is 1. The van der Waals surface area contributed by atoms with Gasteiger partial charge in [-0.1, -0.05) is 35.3 Å². The van der Waals surface area contributed by atoms with Crippen molar-refractivity contribution in [2.24, 2.45) is 0 Å². The van der Waals surface area contributed by atoms with Gasteiger partial charge in [-0.05, 0) is 37.3 Å². The smallest absolute Gasteiger partial charge is 0.241 e. The van der Waals surface area contributed by atoms with Crippen LogP contribution in [-0.4, -0.2) is 48.1 Å². The molecule has 1 amide bonds. The molecule has 0 saturated carbocycles. The SMILES string of the molecule is CC(C(=O)Nc1ccc(Cl)cc1Cl)N1CCN(c2ccccc2O)CC1. The van der Waals surface area contributed by atoms with Crippen molar-refractivity contribution in [3.05, 3.63) is 52.5 Å². The third kappa shape index (κ3) is 4.23. The van der Waals surface area contributed by atoms with Crippen LogP contribution in [0, 0.1) is 0 Å². The number of halogens is 2. The largest absolute Gasteiger partial charge is 0.506 e. The number of amides is 1. The van der Waals surface area contributed by atoms with Gasteiger partial charge < -0.3 is 15.3 Å².